The van der Waals surface area contributed by atoms with Gasteiger partial charge >= 0.3 is 5.97 Å². The molecule has 1 aliphatic rings. The van der Waals surface area contributed by atoms with Crippen LogP contribution in [0.25, 0.3) is 0 Å². The van der Waals surface area contributed by atoms with Crippen molar-refractivity contribution < 1.29 is 9.90 Å². The molecule has 1 atom stereocenters. The molecule has 3 heteroatoms. The maximum atomic E-state index is 10.9. The molecule has 0 bridgehead atoms. The molecule has 1 heterocycles. The van der Waals surface area contributed by atoms with Crippen molar-refractivity contribution in [3.63, 3.8) is 0 Å². The topological polar surface area (TPSA) is 40.5 Å². The van der Waals surface area contributed by atoms with Crippen LogP contribution in [0, 0.1) is 0 Å². The number of hydrogen-bond acceptors (Lipinski definition) is 2. The lowest BCUT2D eigenvalue weighted by Crippen LogP contribution is -2.45. The summed E-state index contributed by atoms with van der Waals surface area (Å²) < 4.78 is 0. The minimum Gasteiger partial charge on any atom is -0.480 e. The maximum absolute atomic E-state index is 10.9. The number of carboxylic acids is 1. The zero-order valence-corrected chi connectivity index (χ0v) is 8.12. The van der Waals surface area contributed by atoms with Gasteiger partial charge in [-0.05, 0) is 26.3 Å². The summed E-state index contributed by atoms with van der Waals surface area (Å²) in [5.41, 5.74) is 1.04. The normalized spacial score (nSPS) is 24.2. The largest absolute Gasteiger partial charge is 0.480 e. The Bertz CT molecular complexity index is 213. The number of carbonyl (C=O) groups is 1. The molecule has 0 spiro atoms. The molecule has 0 amide bonds. The SMILES string of the molecule is C=C(C)CN1CCCCC1C(=O)O. The van der Waals surface area contributed by atoms with Crippen LogP contribution in [0.5, 0.6) is 0 Å². The number of aliphatic carboxylic acids is 1. The van der Waals surface area contributed by atoms with E-state index in [2.05, 4.69) is 6.58 Å². The molecule has 0 aromatic rings. The van der Waals surface area contributed by atoms with E-state index in [-0.39, 0.29) is 6.04 Å². The quantitative estimate of drug-likeness (QED) is 0.674. The Kier molecular flexibility index (Phi) is 3.48. The lowest BCUT2D eigenvalue weighted by atomic mass is 10.0. The number of likely N-dealkylation sites (tertiary alicyclic amines) is 1. The maximum Gasteiger partial charge on any atom is 0.320 e. The summed E-state index contributed by atoms with van der Waals surface area (Å²) in [5.74, 6) is -0.694. The fourth-order valence-corrected chi connectivity index (χ4v) is 1.81. The van der Waals surface area contributed by atoms with Crippen LogP contribution in [0.3, 0.4) is 0 Å². The van der Waals surface area contributed by atoms with Crippen molar-refractivity contribution in [2.45, 2.75) is 32.2 Å². The highest BCUT2D eigenvalue weighted by atomic mass is 16.4. The lowest BCUT2D eigenvalue weighted by molar-refractivity contribution is -0.144. The standard InChI is InChI=1S/C10H17NO2/c1-8(2)7-11-6-4-3-5-9(11)10(12)13/h9H,1,3-7H2,2H3,(H,12,13). The van der Waals surface area contributed by atoms with E-state index in [9.17, 15) is 4.79 Å². The first kappa shape index (κ1) is 10.3. The zero-order valence-electron chi connectivity index (χ0n) is 8.12. The molecule has 0 aromatic carbocycles. The van der Waals surface area contributed by atoms with Gasteiger partial charge in [-0.3, -0.25) is 9.69 Å². The molecule has 1 N–H and O–H groups in total. The highest BCUT2D eigenvalue weighted by molar-refractivity contribution is 5.73. The zero-order chi connectivity index (χ0) is 9.84. The Labute approximate surface area is 79.0 Å². The van der Waals surface area contributed by atoms with Crippen molar-refractivity contribution in [3.8, 4) is 0 Å². The predicted octanol–water partition coefficient (Wildman–Crippen LogP) is 1.50. The summed E-state index contributed by atoms with van der Waals surface area (Å²) in [7, 11) is 0. The number of nitrogens with zero attached hydrogens (tertiary/aromatic N) is 1. The van der Waals surface area contributed by atoms with Gasteiger partial charge in [-0.15, -0.1) is 0 Å². The fraction of sp³-hybridized carbons (Fsp3) is 0.700. The van der Waals surface area contributed by atoms with E-state index in [0.717, 1.165) is 37.9 Å². The highest BCUT2D eigenvalue weighted by Gasteiger charge is 2.27. The lowest BCUT2D eigenvalue weighted by Gasteiger charge is -2.32. The molecule has 1 aliphatic heterocycles. The van der Waals surface area contributed by atoms with Crippen LogP contribution in [-0.2, 0) is 4.79 Å². The molecule has 13 heavy (non-hydrogen) atoms. The average molecular weight is 183 g/mol. The molecule has 3 nitrogen and oxygen atoms in total. The molecule has 0 aliphatic carbocycles. The highest BCUT2D eigenvalue weighted by Crippen LogP contribution is 2.17. The average Bonchev–Trinajstić information content (AvgIpc) is 2.03. The molecule has 1 rings (SSSR count). The van der Waals surface area contributed by atoms with Crippen LogP contribution >= 0.6 is 0 Å². The van der Waals surface area contributed by atoms with Gasteiger partial charge < -0.3 is 5.11 Å². The van der Waals surface area contributed by atoms with E-state index in [1.165, 1.54) is 0 Å². The molecule has 0 aromatic heterocycles. The molecule has 74 valence electrons. The second kappa shape index (κ2) is 4.42. The second-order valence-electron chi connectivity index (χ2n) is 3.78. The Hall–Kier alpha value is -0.830. The molecule has 1 unspecified atom stereocenters. The van der Waals surface area contributed by atoms with Gasteiger partial charge in [0.05, 0.1) is 0 Å². The third-order valence-corrected chi connectivity index (χ3v) is 2.37. The summed E-state index contributed by atoms with van der Waals surface area (Å²) in [6.45, 7) is 7.36. The van der Waals surface area contributed by atoms with Crippen molar-refractivity contribution in [1.82, 2.24) is 4.90 Å². The minimum atomic E-state index is -0.694. The van der Waals surface area contributed by atoms with Crippen molar-refractivity contribution >= 4 is 5.97 Å². The van der Waals surface area contributed by atoms with E-state index < -0.39 is 5.97 Å². The molecule has 0 saturated carbocycles. The number of rotatable bonds is 3. The van der Waals surface area contributed by atoms with Gasteiger partial charge in [-0.25, -0.2) is 0 Å². The summed E-state index contributed by atoms with van der Waals surface area (Å²) in [5, 5.41) is 8.95. The first-order chi connectivity index (χ1) is 6.11. The van der Waals surface area contributed by atoms with Crippen LogP contribution in [-0.4, -0.2) is 35.1 Å². The van der Waals surface area contributed by atoms with Crippen LogP contribution < -0.4 is 0 Å². The van der Waals surface area contributed by atoms with Crippen molar-refractivity contribution in [2.24, 2.45) is 0 Å². The number of hydrogen-bond donors (Lipinski definition) is 1. The van der Waals surface area contributed by atoms with E-state index in [1.54, 1.807) is 0 Å². The third kappa shape index (κ3) is 2.84. The monoisotopic (exact) mass is 183 g/mol. The molecular formula is C10H17NO2. The Morgan fingerprint density at radius 3 is 2.85 bits per heavy atom. The van der Waals surface area contributed by atoms with E-state index in [0.29, 0.717) is 0 Å². The molecular weight excluding hydrogens is 166 g/mol. The molecule has 1 fully saturated rings. The summed E-state index contributed by atoms with van der Waals surface area (Å²) in [6.07, 6.45) is 2.92. The van der Waals surface area contributed by atoms with Crippen LogP contribution in [0.15, 0.2) is 12.2 Å². The van der Waals surface area contributed by atoms with Crippen molar-refractivity contribution in [3.05, 3.63) is 12.2 Å². The van der Waals surface area contributed by atoms with Gasteiger partial charge in [-0.1, -0.05) is 18.6 Å². The van der Waals surface area contributed by atoms with Gasteiger partial charge in [0.25, 0.3) is 0 Å². The predicted molar refractivity (Wildman–Crippen MR) is 51.7 cm³/mol. The summed E-state index contributed by atoms with van der Waals surface area (Å²) in [4.78, 5) is 12.9. The smallest absolute Gasteiger partial charge is 0.320 e. The van der Waals surface area contributed by atoms with Gasteiger partial charge in [0.1, 0.15) is 6.04 Å². The van der Waals surface area contributed by atoms with E-state index >= 15 is 0 Å². The number of carboxylic acid groups (broad SMARTS) is 1. The molecule has 1 saturated heterocycles. The fourth-order valence-electron chi connectivity index (χ4n) is 1.81. The van der Waals surface area contributed by atoms with Crippen LogP contribution in [0.1, 0.15) is 26.2 Å². The first-order valence-electron chi connectivity index (χ1n) is 4.72. The number of piperidine rings is 1. The van der Waals surface area contributed by atoms with Crippen LogP contribution in [0.2, 0.25) is 0 Å². The van der Waals surface area contributed by atoms with Gasteiger partial charge in [-0.2, -0.15) is 0 Å². The Morgan fingerprint density at radius 2 is 2.31 bits per heavy atom. The first-order valence-corrected chi connectivity index (χ1v) is 4.72. The van der Waals surface area contributed by atoms with Gasteiger partial charge in [0, 0.05) is 6.54 Å². The third-order valence-electron chi connectivity index (χ3n) is 2.37. The van der Waals surface area contributed by atoms with Crippen LogP contribution in [0.4, 0.5) is 0 Å². The van der Waals surface area contributed by atoms with E-state index in [4.69, 9.17) is 5.11 Å². The van der Waals surface area contributed by atoms with Gasteiger partial charge in [0.2, 0.25) is 0 Å². The van der Waals surface area contributed by atoms with E-state index in [1.807, 2.05) is 11.8 Å². The van der Waals surface area contributed by atoms with Crippen molar-refractivity contribution in [1.29, 1.82) is 0 Å². The summed E-state index contributed by atoms with van der Waals surface area (Å²) >= 11 is 0. The Balaban J connectivity index is 2.56. The summed E-state index contributed by atoms with van der Waals surface area (Å²) in [6, 6.07) is -0.287. The van der Waals surface area contributed by atoms with Gasteiger partial charge in [0.15, 0.2) is 0 Å². The van der Waals surface area contributed by atoms with Crippen molar-refractivity contribution in [2.75, 3.05) is 13.1 Å². The Morgan fingerprint density at radius 1 is 1.62 bits per heavy atom. The minimum absolute atomic E-state index is 0.287. The molecule has 0 radical (unpaired) electrons. The second-order valence-corrected chi connectivity index (χ2v) is 3.78.